The van der Waals surface area contributed by atoms with Crippen LogP contribution in [0.25, 0.3) is 5.82 Å². The van der Waals surface area contributed by atoms with Crippen molar-refractivity contribution in [3.8, 4) is 11.7 Å². The third-order valence-electron chi connectivity index (χ3n) is 2.25. The number of halogens is 4. The molecule has 0 amide bonds. The van der Waals surface area contributed by atoms with Crippen LogP contribution in [0, 0.1) is 0 Å². The zero-order valence-corrected chi connectivity index (χ0v) is 11.6. The molecule has 0 aliphatic heterocycles. The van der Waals surface area contributed by atoms with Crippen molar-refractivity contribution >= 4 is 29.2 Å². The quantitative estimate of drug-likeness (QED) is 0.907. The summed E-state index contributed by atoms with van der Waals surface area (Å²) in [4.78, 5) is 15.0. The average molecular weight is 338 g/mol. The van der Waals surface area contributed by atoms with E-state index in [9.17, 15) is 13.6 Å². The third-order valence-corrected chi connectivity index (χ3v) is 2.74. The van der Waals surface area contributed by atoms with Crippen LogP contribution < -0.4 is 4.74 Å². The number of carboxylic acids is 1. The Balaban J connectivity index is 2.43. The number of aromatic carboxylic acids is 1. The maximum atomic E-state index is 12.1. The lowest BCUT2D eigenvalue weighted by atomic mass is 10.4. The molecule has 0 fully saturated rings. The molecule has 6 nitrogen and oxygen atoms in total. The van der Waals surface area contributed by atoms with Gasteiger partial charge < -0.3 is 9.84 Å². The van der Waals surface area contributed by atoms with E-state index in [-0.39, 0.29) is 27.4 Å². The standard InChI is InChI=1S/C11H7Cl2F2N3O3/c12-5-1-6(13)10(16-3-5)18-7(11(19)20)2-9(17-18)21-4-8(14)15/h1-3,8H,4H2,(H,19,20). The first-order valence-corrected chi connectivity index (χ1v) is 6.20. The van der Waals surface area contributed by atoms with Crippen LogP contribution in [0.15, 0.2) is 18.3 Å². The van der Waals surface area contributed by atoms with Crippen LogP contribution in [0.1, 0.15) is 10.5 Å². The molecule has 2 heterocycles. The van der Waals surface area contributed by atoms with Gasteiger partial charge >= 0.3 is 5.97 Å². The number of hydrogen-bond acceptors (Lipinski definition) is 4. The highest BCUT2D eigenvalue weighted by Crippen LogP contribution is 2.24. The van der Waals surface area contributed by atoms with Crippen molar-refractivity contribution in [2.24, 2.45) is 0 Å². The molecule has 0 aromatic carbocycles. The van der Waals surface area contributed by atoms with Gasteiger partial charge in [-0.25, -0.2) is 23.2 Å². The molecule has 10 heteroatoms. The van der Waals surface area contributed by atoms with Crippen molar-refractivity contribution < 1.29 is 23.4 Å². The molecule has 1 N–H and O–H groups in total. The zero-order chi connectivity index (χ0) is 15.6. The minimum atomic E-state index is -2.71. The normalized spacial score (nSPS) is 10.9. The Hall–Kier alpha value is -1.93. The Kier molecular flexibility index (Phi) is 4.59. The smallest absolute Gasteiger partial charge is 0.354 e. The highest BCUT2D eigenvalue weighted by atomic mass is 35.5. The van der Waals surface area contributed by atoms with E-state index in [1.54, 1.807) is 0 Å². The fourth-order valence-electron chi connectivity index (χ4n) is 1.46. The number of pyridine rings is 1. The highest BCUT2D eigenvalue weighted by Gasteiger charge is 2.20. The van der Waals surface area contributed by atoms with E-state index in [2.05, 4.69) is 14.8 Å². The highest BCUT2D eigenvalue weighted by molar-refractivity contribution is 6.35. The Labute approximate surface area is 126 Å². The zero-order valence-electron chi connectivity index (χ0n) is 10.1. The van der Waals surface area contributed by atoms with Gasteiger partial charge in [-0.3, -0.25) is 0 Å². The van der Waals surface area contributed by atoms with E-state index < -0.39 is 19.0 Å². The largest absolute Gasteiger partial charge is 0.477 e. The number of aromatic nitrogens is 3. The van der Waals surface area contributed by atoms with Crippen LogP contribution in [0.4, 0.5) is 8.78 Å². The number of nitrogens with zero attached hydrogens (tertiary/aromatic N) is 3. The lowest BCUT2D eigenvalue weighted by molar-refractivity contribution is 0.0686. The van der Waals surface area contributed by atoms with Gasteiger partial charge in [0.15, 0.2) is 18.1 Å². The van der Waals surface area contributed by atoms with Crippen LogP contribution in [-0.4, -0.2) is 38.9 Å². The summed E-state index contributed by atoms with van der Waals surface area (Å²) in [7, 11) is 0. The van der Waals surface area contributed by atoms with Gasteiger partial charge in [-0.15, -0.1) is 5.10 Å². The summed E-state index contributed by atoms with van der Waals surface area (Å²) in [6, 6.07) is 2.34. The van der Waals surface area contributed by atoms with Crippen LogP contribution >= 0.6 is 23.2 Å². The van der Waals surface area contributed by atoms with E-state index in [1.165, 1.54) is 12.3 Å². The number of alkyl halides is 2. The minimum absolute atomic E-state index is 0.00892. The first kappa shape index (κ1) is 15.5. The number of carbonyl (C=O) groups is 1. The molecule has 0 aliphatic rings. The van der Waals surface area contributed by atoms with Gasteiger partial charge in [0.2, 0.25) is 5.88 Å². The summed E-state index contributed by atoms with van der Waals surface area (Å²) < 4.78 is 29.7. The molecule has 21 heavy (non-hydrogen) atoms. The second-order valence-electron chi connectivity index (χ2n) is 3.75. The average Bonchev–Trinajstić information content (AvgIpc) is 2.80. The molecule has 0 bridgehead atoms. The van der Waals surface area contributed by atoms with Gasteiger partial charge in [0.05, 0.1) is 10.0 Å². The molecule has 0 saturated carbocycles. The van der Waals surface area contributed by atoms with Crippen LogP contribution in [0.2, 0.25) is 10.0 Å². The van der Waals surface area contributed by atoms with Gasteiger partial charge in [0.25, 0.3) is 6.43 Å². The van der Waals surface area contributed by atoms with Crippen molar-refractivity contribution in [1.29, 1.82) is 0 Å². The molecule has 0 unspecified atom stereocenters. The summed E-state index contributed by atoms with van der Waals surface area (Å²) >= 11 is 11.6. The molecule has 0 atom stereocenters. The fourth-order valence-corrected chi connectivity index (χ4v) is 1.92. The predicted molar refractivity (Wildman–Crippen MR) is 69.8 cm³/mol. The number of rotatable bonds is 5. The topological polar surface area (TPSA) is 77.2 Å². The van der Waals surface area contributed by atoms with Crippen LogP contribution in [0.3, 0.4) is 0 Å². The first-order valence-electron chi connectivity index (χ1n) is 5.44. The monoisotopic (exact) mass is 337 g/mol. The molecule has 2 aromatic heterocycles. The maximum Gasteiger partial charge on any atom is 0.354 e. The number of ether oxygens (including phenoxy) is 1. The Bertz CT molecular complexity index is 679. The summed E-state index contributed by atoms with van der Waals surface area (Å²) in [5.41, 5.74) is -0.337. The SMILES string of the molecule is O=C(O)c1cc(OCC(F)F)nn1-c1ncc(Cl)cc1Cl. The Morgan fingerprint density at radius 1 is 1.43 bits per heavy atom. The van der Waals surface area contributed by atoms with Gasteiger partial charge in [0, 0.05) is 12.3 Å². The Morgan fingerprint density at radius 2 is 2.14 bits per heavy atom. The molecule has 0 spiro atoms. The molecule has 2 aromatic rings. The van der Waals surface area contributed by atoms with Gasteiger partial charge in [-0.05, 0) is 6.07 Å². The third kappa shape index (κ3) is 3.59. The van der Waals surface area contributed by atoms with E-state index in [0.29, 0.717) is 0 Å². The molecule has 112 valence electrons. The summed E-state index contributed by atoms with van der Waals surface area (Å²) in [6.45, 7) is -0.905. The van der Waals surface area contributed by atoms with Crippen molar-refractivity contribution in [3.05, 3.63) is 34.1 Å². The lowest BCUT2D eigenvalue weighted by Crippen LogP contribution is -2.10. The summed E-state index contributed by atoms with van der Waals surface area (Å²) in [5, 5.41) is 13.2. The summed E-state index contributed by atoms with van der Waals surface area (Å²) in [5.74, 6) is -1.63. The number of hydrogen-bond donors (Lipinski definition) is 1. The summed E-state index contributed by atoms with van der Waals surface area (Å²) in [6.07, 6.45) is -1.46. The van der Waals surface area contributed by atoms with E-state index >= 15 is 0 Å². The van der Waals surface area contributed by atoms with Crippen LogP contribution in [0.5, 0.6) is 5.88 Å². The van der Waals surface area contributed by atoms with Gasteiger partial charge in [-0.2, -0.15) is 0 Å². The first-order chi connectivity index (χ1) is 9.88. The van der Waals surface area contributed by atoms with Crippen molar-refractivity contribution in [3.63, 3.8) is 0 Å². The van der Waals surface area contributed by atoms with Crippen LogP contribution in [-0.2, 0) is 0 Å². The molecular formula is C11H7Cl2F2N3O3. The van der Waals surface area contributed by atoms with Crippen molar-refractivity contribution in [2.75, 3.05) is 6.61 Å². The predicted octanol–water partition coefficient (Wildman–Crippen LogP) is 2.92. The molecule has 0 aliphatic carbocycles. The maximum absolute atomic E-state index is 12.1. The molecular weight excluding hydrogens is 331 g/mol. The van der Waals surface area contributed by atoms with Gasteiger partial charge in [0.1, 0.15) is 0 Å². The van der Waals surface area contributed by atoms with Crippen molar-refractivity contribution in [1.82, 2.24) is 14.8 Å². The second kappa shape index (κ2) is 6.23. The molecule has 2 rings (SSSR count). The lowest BCUT2D eigenvalue weighted by Gasteiger charge is -2.05. The fraction of sp³-hybridized carbons (Fsp3) is 0.182. The van der Waals surface area contributed by atoms with Crippen molar-refractivity contribution in [2.45, 2.75) is 6.43 Å². The Morgan fingerprint density at radius 3 is 2.71 bits per heavy atom. The second-order valence-corrected chi connectivity index (χ2v) is 4.59. The van der Waals surface area contributed by atoms with E-state index in [1.807, 2.05) is 0 Å². The molecule has 0 radical (unpaired) electrons. The molecule has 0 saturated heterocycles. The number of carboxylic acid groups (broad SMARTS) is 1. The van der Waals surface area contributed by atoms with E-state index in [4.69, 9.17) is 28.3 Å². The van der Waals surface area contributed by atoms with E-state index in [0.717, 1.165) is 10.7 Å². The minimum Gasteiger partial charge on any atom is -0.477 e. The van der Waals surface area contributed by atoms with Gasteiger partial charge in [-0.1, -0.05) is 23.2 Å².